The predicted octanol–water partition coefficient (Wildman–Crippen LogP) is 2.96. The zero-order valence-electron chi connectivity index (χ0n) is 11.9. The number of hydrogen-bond donors (Lipinski definition) is 2. The standard InChI is InChI=1S/C14H20ClNO4S/c1-11-12(15)7-6-8-13(11)21(19,20)16-10-5-3-2-4-9-14(17)18/h6-8,16H,2-5,9-10H2,1H3,(H,17,18). The topological polar surface area (TPSA) is 83.5 Å². The van der Waals surface area contributed by atoms with Crippen molar-refractivity contribution < 1.29 is 18.3 Å². The van der Waals surface area contributed by atoms with Crippen LogP contribution in [0.2, 0.25) is 5.02 Å². The zero-order valence-corrected chi connectivity index (χ0v) is 13.5. The van der Waals surface area contributed by atoms with Gasteiger partial charge in [-0.3, -0.25) is 4.79 Å². The number of carboxylic acid groups (broad SMARTS) is 1. The summed E-state index contributed by atoms with van der Waals surface area (Å²) in [4.78, 5) is 10.5. The maximum Gasteiger partial charge on any atom is 0.303 e. The Balaban J connectivity index is 2.40. The van der Waals surface area contributed by atoms with E-state index in [1.54, 1.807) is 19.1 Å². The van der Waals surface area contributed by atoms with Crippen molar-refractivity contribution in [2.75, 3.05) is 6.54 Å². The first-order chi connectivity index (χ1) is 9.84. The molecule has 0 saturated heterocycles. The van der Waals surface area contributed by atoms with Crippen molar-refractivity contribution in [3.05, 3.63) is 28.8 Å². The third-order valence-corrected chi connectivity index (χ3v) is 5.13. The van der Waals surface area contributed by atoms with Crippen LogP contribution in [0.15, 0.2) is 23.1 Å². The van der Waals surface area contributed by atoms with Gasteiger partial charge in [-0.15, -0.1) is 0 Å². The Labute approximate surface area is 130 Å². The van der Waals surface area contributed by atoms with Crippen molar-refractivity contribution >= 4 is 27.6 Å². The second kappa shape index (κ2) is 8.36. The van der Waals surface area contributed by atoms with Crippen molar-refractivity contribution in [1.29, 1.82) is 0 Å². The van der Waals surface area contributed by atoms with Crippen LogP contribution in [-0.2, 0) is 14.8 Å². The van der Waals surface area contributed by atoms with E-state index in [9.17, 15) is 13.2 Å². The molecule has 0 aliphatic heterocycles. The summed E-state index contributed by atoms with van der Waals surface area (Å²) >= 11 is 5.92. The molecule has 21 heavy (non-hydrogen) atoms. The summed E-state index contributed by atoms with van der Waals surface area (Å²) in [7, 11) is -3.55. The van der Waals surface area contributed by atoms with E-state index in [2.05, 4.69) is 4.72 Å². The number of aliphatic carboxylic acids is 1. The molecule has 0 unspecified atom stereocenters. The second-order valence-electron chi connectivity index (χ2n) is 4.82. The number of sulfonamides is 1. The first-order valence-electron chi connectivity index (χ1n) is 6.81. The van der Waals surface area contributed by atoms with Crippen LogP contribution in [0, 0.1) is 6.92 Å². The number of nitrogens with one attached hydrogen (secondary N) is 1. The summed E-state index contributed by atoms with van der Waals surface area (Å²) in [6.45, 7) is 2.00. The molecule has 7 heteroatoms. The van der Waals surface area contributed by atoms with Crippen LogP contribution in [0.4, 0.5) is 0 Å². The molecule has 0 radical (unpaired) electrons. The van der Waals surface area contributed by atoms with Crippen LogP contribution >= 0.6 is 11.6 Å². The molecule has 0 bridgehead atoms. The highest BCUT2D eigenvalue weighted by molar-refractivity contribution is 7.89. The molecule has 2 N–H and O–H groups in total. The maximum absolute atomic E-state index is 12.1. The van der Waals surface area contributed by atoms with Crippen LogP contribution in [0.5, 0.6) is 0 Å². The molecule has 0 aliphatic rings. The summed E-state index contributed by atoms with van der Waals surface area (Å²) in [5, 5.41) is 8.92. The average Bonchev–Trinajstić information content (AvgIpc) is 2.40. The van der Waals surface area contributed by atoms with Crippen LogP contribution in [0.3, 0.4) is 0 Å². The lowest BCUT2D eigenvalue weighted by atomic mass is 10.1. The van der Waals surface area contributed by atoms with Gasteiger partial charge in [0.25, 0.3) is 0 Å². The number of benzene rings is 1. The van der Waals surface area contributed by atoms with E-state index in [0.29, 0.717) is 30.0 Å². The van der Waals surface area contributed by atoms with E-state index in [1.165, 1.54) is 6.07 Å². The summed E-state index contributed by atoms with van der Waals surface area (Å²) in [5.74, 6) is -0.799. The van der Waals surface area contributed by atoms with Gasteiger partial charge in [-0.2, -0.15) is 0 Å². The van der Waals surface area contributed by atoms with Crippen LogP contribution in [-0.4, -0.2) is 26.0 Å². The first kappa shape index (κ1) is 17.9. The highest BCUT2D eigenvalue weighted by Crippen LogP contribution is 2.22. The van der Waals surface area contributed by atoms with Crippen LogP contribution in [0.1, 0.15) is 37.7 Å². The predicted molar refractivity (Wildman–Crippen MR) is 82.1 cm³/mol. The monoisotopic (exact) mass is 333 g/mol. The van der Waals surface area contributed by atoms with Crippen molar-refractivity contribution in [3.8, 4) is 0 Å². The Bertz CT molecular complexity index is 587. The van der Waals surface area contributed by atoms with E-state index >= 15 is 0 Å². The second-order valence-corrected chi connectivity index (χ2v) is 6.96. The molecular formula is C14H20ClNO4S. The summed E-state index contributed by atoms with van der Waals surface area (Å²) in [6.07, 6.45) is 3.04. The zero-order chi connectivity index (χ0) is 15.9. The summed E-state index contributed by atoms with van der Waals surface area (Å²) in [5.41, 5.74) is 0.535. The highest BCUT2D eigenvalue weighted by Gasteiger charge is 2.17. The largest absolute Gasteiger partial charge is 0.481 e. The molecule has 0 saturated carbocycles. The Hall–Kier alpha value is -1.11. The quantitative estimate of drug-likeness (QED) is 0.680. The van der Waals surface area contributed by atoms with Crippen molar-refractivity contribution in [2.24, 2.45) is 0 Å². The Morgan fingerprint density at radius 3 is 2.57 bits per heavy atom. The molecule has 0 spiro atoms. The maximum atomic E-state index is 12.1. The fourth-order valence-electron chi connectivity index (χ4n) is 1.92. The molecule has 5 nitrogen and oxygen atoms in total. The molecule has 118 valence electrons. The molecule has 1 aromatic carbocycles. The van der Waals surface area contributed by atoms with Gasteiger partial charge < -0.3 is 5.11 Å². The minimum atomic E-state index is -3.55. The number of unbranched alkanes of at least 4 members (excludes halogenated alkanes) is 3. The molecule has 0 amide bonds. The Kier molecular flexibility index (Phi) is 7.14. The van der Waals surface area contributed by atoms with Crippen LogP contribution < -0.4 is 4.72 Å². The minimum absolute atomic E-state index is 0.160. The number of carbonyl (C=O) groups is 1. The van der Waals surface area contributed by atoms with Crippen molar-refractivity contribution in [3.63, 3.8) is 0 Å². The Morgan fingerprint density at radius 2 is 1.90 bits per heavy atom. The van der Waals surface area contributed by atoms with E-state index in [-0.39, 0.29) is 11.3 Å². The lowest BCUT2D eigenvalue weighted by molar-refractivity contribution is -0.137. The molecule has 0 fully saturated rings. The van der Waals surface area contributed by atoms with Gasteiger partial charge in [0.2, 0.25) is 10.0 Å². The van der Waals surface area contributed by atoms with Gasteiger partial charge in [-0.1, -0.05) is 30.5 Å². The Morgan fingerprint density at radius 1 is 1.24 bits per heavy atom. The smallest absolute Gasteiger partial charge is 0.303 e. The highest BCUT2D eigenvalue weighted by atomic mass is 35.5. The van der Waals surface area contributed by atoms with Gasteiger partial charge in [-0.25, -0.2) is 13.1 Å². The van der Waals surface area contributed by atoms with E-state index in [0.717, 1.165) is 12.8 Å². The molecule has 0 atom stereocenters. The summed E-state index contributed by atoms with van der Waals surface area (Å²) < 4.78 is 26.8. The van der Waals surface area contributed by atoms with Gasteiger partial charge in [0.05, 0.1) is 4.90 Å². The number of halogens is 1. The van der Waals surface area contributed by atoms with E-state index in [1.807, 2.05) is 0 Å². The van der Waals surface area contributed by atoms with Crippen LogP contribution in [0.25, 0.3) is 0 Å². The molecule has 0 aromatic heterocycles. The number of hydrogen-bond acceptors (Lipinski definition) is 3. The summed E-state index contributed by atoms with van der Waals surface area (Å²) in [6, 6.07) is 4.78. The minimum Gasteiger partial charge on any atom is -0.481 e. The van der Waals surface area contributed by atoms with E-state index < -0.39 is 16.0 Å². The molecular weight excluding hydrogens is 314 g/mol. The number of rotatable bonds is 9. The fourth-order valence-corrected chi connectivity index (χ4v) is 3.49. The molecule has 1 aromatic rings. The normalized spacial score (nSPS) is 11.5. The first-order valence-corrected chi connectivity index (χ1v) is 8.67. The molecule has 0 heterocycles. The average molecular weight is 334 g/mol. The van der Waals surface area contributed by atoms with Gasteiger partial charge in [0, 0.05) is 18.0 Å². The molecule has 1 rings (SSSR count). The molecule has 0 aliphatic carbocycles. The van der Waals surface area contributed by atoms with Gasteiger partial charge in [0.1, 0.15) is 0 Å². The third-order valence-electron chi connectivity index (χ3n) is 3.12. The van der Waals surface area contributed by atoms with Gasteiger partial charge >= 0.3 is 5.97 Å². The number of carboxylic acids is 1. The lowest BCUT2D eigenvalue weighted by Crippen LogP contribution is -2.25. The van der Waals surface area contributed by atoms with Gasteiger partial charge in [0.15, 0.2) is 0 Å². The fraction of sp³-hybridized carbons (Fsp3) is 0.500. The third kappa shape index (κ3) is 6.03. The van der Waals surface area contributed by atoms with Gasteiger partial charge in [-0.05, 0) is 37.5 Å². The van der Waals surface area contributed by atoms with Crippen molar-refractivity contribution in [2.45, 2.75) is 43.9 Å². The van der Waals surface area contributed by atoms with E-state index in [4.69, 9.17) is 16.7 Å². The lowest BCUT2D eigenvalue weighted by Gasteiger charge is -2.10. The SMILES string of the molecule is Cc1c(Cl)cccc1S(=O)(=O)NCCCCCCC(=O)O. The van der Waals surface area contributed by atoms with Crippen molar-refractivity contribution in [1.82, 2.24) is 4.72 Å².